The van der Waals surface area contributed by atoms with E-state index in [-0.39, 0.29) is 30.2 Å². The standard InChI is InChI=1S/C31H35ClF2N4O3S/c1-20-18-35-19-25(38(20)42(40,41)26-12-13-26)11-14-27-28(34)9-4-10-29(27)37-30(16-21-5-2-6-22(32)15-21)31(39)36-24-8-3-7-23(33)17-24/h2-10,15,17,20,25-26,30,35,37H,11-14,16,18-19H2,1H3,(H,36,39)/t20-,25+,30+/m1/s1. The molecule has 1 saturated carbocycles. The Labute approximate surface area is 250 Å². The molecule has 0 unspecified atom stereocenters. The monoisotopic (exact) mass is 616 g/mol. The highest BCUT2D eigenvalue weighted by molar-refractivity contribution is 7.90. The number of piperazine rings is 1. The van der Waals surface area contributed by atoms with Crippen molar-refractivity contribution >= 4 is 38.9 Å². The van der Waals surface area contributed by atoms with E-state index < -0.39 is 33.6 Å². The van der Waals surface area contributed by atoms with Crippen LogP contribution in [0.15, 0.2) is 66.7 Å². The zero-order chi connectivity index (χ0) is 29.9. The number of sulfonamides is 1. The van der Waals surface area contributed by atoms with Gasteiger partial charge in [-0.1, -0.05) is 35.9 Å². The number of carbonyl (C=O) groups excluding carboxylic acids is 1. The lowest BCUT2D eigenvalue weighted by molar-refractivity contribution is -0.116. The van der Waals surface area contributed by atoms with E-state index in [0.717, 1.165) is 5.56 Å². The average molecular weight is 617 g/mol. The normalized spacial score (nSPS) is 20.2. The Bertz CT molecular complexity index is 1540. The fourth-order valence-corrected chi connectivity index (χ4v) is 8.04. The molecule has 0 spiro atoms. The molecule has 2 fully saturated rings. The van der Waals surface area contributed by atoms with Crippen LogP contribution in [0.2, 0.25) is 5.02 Å². The second kappa shape index (κ2) is 13.1. The summed E-state index contributed by atoms with van der Waals surface area (Å²) >= 11 is 6.19. The lowest BCUT2D eigenvalue weighted by Crippen LogP contribution is -2.59. The van der Waals surface area contributed by atoms with Gasteiger partial charge in [0.15, 0.2) is 0 Å². The molecular weight excluding hydrogens is 582 g/mol. The fraction of sp³-hybridized carbons (Fsp3) is 0.387. The van der Waals surface area contributed by atoms with Crippen LogP contribution in [0.1, 0.15) is 37.3 Å². The molecule has 7 nitrogen and oxygen atoms in total. The van der Waals surface area contributed by atoms with Gasteiger partial charge < -0.3 is 16.0 Å². The Hall–Kier alpha value is -3.05. The van der Waals surface area contributed by atoms with Gasteiger partial charge in [-0.2, -0.15) is 4.31 Å². The second-order valence-electron chi connectivity index (χ2n) is 11.1. The molecule has 0 radical (unpaired) electrons. The van der Waals surface area contributed by atoms with Gasteiger partial charge in [0.25, 0.3) is 0 Å². The summed E-state index contributed by atoms with van der Waals surface area (Å²) in [6.07, 6.45) is 2.26. The summed E-state index contributed by atoms with van der Waals surface area (Å²) in [4.78, 5) is 13.5. The van der Waals surface area contributed by atoms with Crippen LogP contribution < -0.4 is 16.0 Å². The van der Waals surface area contributed by atoms with E-state index in [4.69, 9.17) is 11.6 Å². The quantitative estimate of drug-likeness (QED) is 0.270. The maximum atomic E-state index is 15.3. The lowest BCUT2D eigenvalue weighted by atomic mass is 9.99. The maximum Gasteiger partial charge on any atom is 0.247 e. The van der Waals surface area contributed by atoms with Gasteiger partial charge in [0.05, 0.1) is 5.25 Å². The first-order valence-electron chi connectivity index (χ1n) is 14.2. The smallest absolute Gasteiger partial charge is 0.247 e. The van der Waals surface area contributed by atoms with Crippen LogP contribution in [0, 0.1) is 11.6 Å². The Balaban J connectivity index is 1.38. The molecule has 42 heavy (non-hydrogen) atoms. The van der Waals surface area contributed by atoms with Gasteiger partial charge in [-0.05, 0) is 80.6 Å². The number of benzene rings is 3. The van der Waals surface area contributed by atoms with Crippen molar-refractivity contribution in [2.75, 3.05) is 23.7 Å². The van der Waals surface area contributed by atoms with E-state index in [9.17, 15) is 17.6 Å². The number of nitrogens with zero attached hydrogens (tertiary/aromatic N) is 1. The van der Waals surface area contributed by atoms with E-state index in [0.29, 0.717) is 54.3 Å². The van der Waals surface area contributed by atoms with Crippen molar-refractivity contribution in [1.29, 1.82) is 0 Å². The summed E-state index contributed by atoms with van der Waals surface area (Å²) in [5, 5.41) is 9.48. The van der Waals surface area contributed by atoms with Crippen molar-refractivity contribution in [3.8, 4) is 0 Å². The summed E-state index contributed by atoms with van der Waals surface area (Å²) in [5.41, 5.74) is 1.89. The van der Waals surface area contributed by atoms with Gasteiger partial charge in [0, 0.05) is 53.6 Å². The molecule has 1 amide bonds. The third-order valence-electron chi connectivity index (χ3n) is 7.77. The van der Waals surface area contributed by atoms with Gasteiger partial charge in [-0.25, -0.2) is 17.2 Å². The van der Waals surface area contributed by atoms with E-state index >= 15 is 4.39 Å². The topological polar surface area (TPSA) is 90.5 Å². The number of amides is 1. The zero-order valence-corrected chi connectivity index (χ0v) is 24.9. The largest absolute Gasteiger partial charge is 0.373 e. The van der Waals surface area contributed by atoms with Gasteiger partial charge >= 0.3 is 0 Å². The molecule has 1 saturated heterocycles. The highest BCUT2D eigenvalue weighted by Crippen LogP contribution is 2.35. The third-order valence-corrected chi connectivity index (χ3v) is 10.6. The fourth-order valence-electron chi connectivity index (χ4n) is 5.58. The molecule has 3 aromatic rings. The van der Waals surface area contributed by atoms with E-state index in [1.165, 1.54) is 24.3 Å². The molecule has 11 heteroatoms. The van der Waals surface area contributed by atoms with E-state index in [1.54, 1.807) is 40.7 Å². The number of halogens is 3. The number of nitrogens with one attached hydrogen (secondary N) is 3. The molecule has 2 aliphatic rings. The van der Waals surface area contributed by atoms with Crippen molar-refractivity contribution in [3.05, 3.63) is 94.5 Å². The number of hydrogen-bond donors (Lipinski definition) is 3. The van der Waals surface area contributed by atoms with Crippen molar-refractivity contribution in [2.45, 2.75) is 62.4 Å². The van der Waals surface area contributed by atoms with Gasteiger partial charge in [-0.15, -0.1) is 0 Å². The van der Waals surface area contributed by atoms with Gasteiger partial charge in [-0.3, -0.25) is 4.79 Å². The number of anilines is 2. The van der Waals surface area contributed by atoms with Crippen LogP contribution in [0.5, 0.6) is 0 Å². The molecule has 3 aromatic carbocycles. The first kappa shape index (κ1) is 30.4. The second-order valence-corrected chi connectivity index (χ2v) is 13.6. The Morgan fingerprint density at radius 2 is 1.83 bits per heavy atom. The van der Waals surface area contributed by atoms with Crippen molar-refractivity contribution < 1.29 is 22.0 Å². The van der Waals surface area contributed by atoms with Crippen LogP contribution in [0.4, 0.5) is 20.2 Å². The predicted octanol–water partition coefficient (Wildman–Crippen LogP) is 5.37. The Kier molecular flexibility index (Phi) is 9.47. The molecule has 3 atom stereocenters. The lowest BCUT2D eigenvalue weighted by Gasteiger charge is -2.40. The molecule has 3 N–H and O–H groups in total. The number of hydrogen-bond acceptors (Lipinski definition) is 5. The van der Waals surface area contributed by atoms with Gasteiger partial charge in [0.1, 0.15) is 17.7 Å². The first-order valence-corrected chi connectivity index (χ1v) is 16.1. The molecule has 0 bridgehead atoms. The highest BCUT2D eigenvalue weighted by atomic mass is 35.5. The van der Waals surface area contributed by atoms with E-state index in [2.05, 4.69) is 16.0 Å². The van der Waals surface area contributed by atoms with Gasteiger partial charge in [0.2, 0.25) is 15.9 Å². The maximum absolute atomic E-state index is 15.3. The minimum Gasteiger partial charge on any atom is -0.373 e. The summed E-state index contributed by atoms with van der Waals surface area (Å²) in [5.74, 6) is -1.35. The Morgan fingerprint density at radius 3 is 2.57 bits per heavy atom. The first-order chi connectivity index (χ1) is 20.1. The summed E-state index contributed by atoms with van der Waals surface area (Å²) in [7, 11) is -3.42. The molecule has 1 aliphatic heterocycles. The molecule has 0 aromatic heterocycles. The predicted molar refractivity (Wildman–Crippen MR) is 162 cm³/mol. The number of rotatable bonds is 11. The summed E-state index contributed by atoms with van der Waals surface area (Å²) in [6.45, 7) is 2.95. The number of carbonyl (C=O) groups is 1. The van der Waals surface area contributed by atoms with E-state index in [1.807, 2.05) is 13.0 Å². The SMILES string of the molecule is C[C@@H]1CNC[C@H](CCc2c(F)cccc2N[C@@H](Cc2cccc(Cl)c2)C(=O)Nc2cccc(F)c2)N1S(=O)(=O)C1CC1. The summed E-state index contributed by atoms with van der Waals surface area (Å²) in [6, 6.07) is 16.0. The Morgan fingerprint density at radius 1 is 1.07 bits per heavy atom. The van der Waals surface area contributed by atoms with Crippen LogP contribution in [0.3, 0.4) is 0 Å². The van der Waals surface area contributed by atoms with Crippen LogP contribution in [-0.2, 0) is 27.7 Å². The molecule has 224 valence electrons. The van der Waals surface area contributed by atoms with Crippen LogP contribution >= 0.6 is 11.6 Å². The minimum absolute atomic E-state index is 0.193. The van der Waals surface area contributed by atoms with Crippen molar-refractivity contribution in [3.63, 3.8) is 0 Å². The zero-order valence-electron chi connectivity index (χ0n) is 23.3. The van der Waals surface area contributed by atoms with Crippen LogP contribution in [0.25, 0.3) is 0 Å². The third kappa shape index (κ3) is 7.29. The average Bonchev–Trinajstić information content (AvgIpc) is 3.79. The minimum atomic E-state index is -3.42. The molecule has 5 rings (SSSR count). The summed E-state index contributed by atoms with van der Waals surface area (Å²) < 4.78 is 57.2. The van der Waals surface area contributed by atoms with Crippen LogP contribution in [-0.4, -0.2) is 55.1 Å². The van der Waals surface area contributed by atoms with Crippen molar-refractivity contribution in [2.24, 2.45) is 0 Å². The molecule has 1 aliphatic carbocycles. The van der Waals surface area contributed by atoms with Crippen molar-refractivity contribution in [1.82, 2.24) is 9.62 Å². The molecular formula is C31H35ClF2N4O3S. The highest BCUT2D eigenvalue weighted by Gasteiger charge is 2.45. The molecule has 1 heterocycles.